The van der Waals surface area contributed by atoms with Crippen LogP contribution in [-0.4, -0.2) is 44.9 Å². The van der Waals surface area contributed by atoms with Gasteiger partial charge in [-0.2, -0.15) is 0 Å². The lowest BCUT2D eigenvalue weighted by Crippen LogP contribution is -2.48. The van der Waals surface area contributed by atoms with Gasteiger partial charge >= 0.3 is 13.5 Å². The number of aromatic nitrogens is 2. The zero-order valence-corrected chi connectivity index (χ0v) is 15.7. The van der Waals surface area contributed by atoms with E-state index in [0.717, 1.165) is 23.2 Å². The van der Waals surface area contributed by atoms with Crippen molar-refractivity contribution < 1.29 is 32.8 Å². The van der Waals surface area contributed by atoms with E-state index in [4.69, 9.17) is 0 Å². The number of amides is 1. The van der Waals surface area contributed by atoms with Gasteiger partial charge in [-0.3, -0.25) is 4.79 Å². The first kappa shape index (κ1) is 21.7. The number of fused-ring (bicyclic) bond motifs is 1. The Kier molecular flexibility index (Phi) is 6.63. The van der Waals surface area contributed by atoms with E-state index in [1.165, 1.54) is 12.1 Å². The number of hydrogen-bond donors (Lipinski definition) is 3. The Morgan fingerprint density at radius 2 is 1.97 bits per heavy atom. The standard InChI is InChI=1S/C19H19BF3N3O4/c21-19(22,23)30-14-5-3-4-13(10-14)11-17(20(28)29)25-18(27)8-9-26-12-24-15-6-1-2-7-16(15)26/h1-7,10,12,17,28-29H,8-9,11H2,(H,25,27). The molecule has 1 amide bonds. The number of alkyl halides is 3. The molecule has 0 spiro atoms. The van der Waals surface area contributed by atoms with E-state index < -0.39 is 31.1 Å². The van der Waals surface area contributed by atoms with E-state index in [0.29, 0.717) is 12.1 Å². The highest BCUT2D eigenvalue weighted by Crippen LogP contribution is 2.23. The van der Waals surface area contributed by atoms with Gasteiger partial charge in [0, 0.05) is 13.0 Å². The molecule has 1 unspecified atom stereocenters. The van der Waals surface area contributed by atoms with E-state index >= 15 is 0 Å². The van der Waals surface area contributed by atoms with Gasteiger partial charge in [0.25, 0.3) is 0 Å². The summed E-state index contributed by atoms with van der Waals surface area (Å²) < 4.78 is 42.8. The van der Waals surface area contributed by atoms with Gasteiger partial charge in [0.1, 0.15) is 5.75 Å². The number of nitrogens with zero attached hydrogens (tertiary/aromatic N) is 2. The highest BCUT2D eigenvalue weighted by Gasteiger charge is 2.31. The van der Waals surface area contributed by atoms with Gasteiger partial charge in [0.2, 0.25) is 5.91 Å². The molecule has 3 rings (SSSR count). The van der Waals surface area contributed by atoms with Crippen molar-refractivity contribution in [2.75, 3.05) is 0 Å². The first-order valence-electron chi connectivity index (χ1n) is 9.11. The van der Waals surface area contributed by atoms with Crippen LogP contribution < -0.4 is 10.1 Å². The van der Waals surface area contributed by atoms with Crippen LogP contribution in [0.5, 0.6) is 5.75 Å². The molecule has 0 fully saturated rings. The molecule has 0 aliphatic rings. The molecule has 0 saturated heterocycles. The van der Waals surface area contributed by atoms with Gasteiger partial charge in [0.15, 0.2) is 0 Å². The molecule has 11 heteroatoms. The summed E-state index contributed by atoms with van der Waals surface area (Å²) in [4.78, 5) is 16.5. The van der Waals surface area contributed by atoms with Crippen LogP contribution in [0.3, 0.4) is 0 Å². The average Bonchev–Trinajstić information content (AvgIpc) is 3.08. The second-order valence-electron chi connectivity index (χ2n) is 6.66. The van der Waals surface area contributed by atoms with Crippen molar-refractivity contribution >= 4 is 24.1 Å². The van der Waals surface area contributed by atoms with Crippen LogP contribution in [0.15, 0.2) is 54.9 Å². The quantitative estimate of drug-likeness (QED) is 0.484. The van der Waals surface area contributed by atoms with E-state index in [2.05, 4.69) is 15.0 Å². The Morgan fingerprint density at radius 1 is 1.20 bits per heavy atom. The van der Waals surface area contributed by atoms with E-state index in [1.54, 1.807) is 10.9 Å². The topological polar surface area (TPSA) is 96.6 Å². The van der Waals surface area contributed by atoms with Crippen molar-refractivity contribution in [3.63, 3.8) is 0 Å². The molecule has 0 radical (unpaired) electrons. The first-order valence-corrected chi connectivity index (χ1v) is 9.11. The predicted molar refractivity (Wildman–Crippen MR) is 103 cm³/mol. The van der Waals surface area contributed by atoms with Gasteiger partial charge < -0.3 is 24.7 Å². The maximum absolute atomic E-state index is 12.4. The molecule has 3 N–H and O–H groups in total. The predicted octanol–water partition coefficient (Wildman–Crippen LogP) is 2.06. The van der Waals surface area contributed by atoms with Crippen LogP contribution in [0.25, 0.3) is 11.0 Å². The smallest absolute Gasteiger partial charge is 0.426 e. The number of nitrogens with one attached hydrogen (secondary N) is 1. The molecule has 158 valence electrons. The van der Waals surface area contributed by atoms with Gasteiger partial charge in [-0.1, -0.05) is 24.3 Å². The number of carbonyl (C=O) groups excluding carboxylic acids is 1. The van der Waals surface area contributed by atoms with Crippen molar-refractivity contribution in [1.82, 2.24) is 14.9 Å². The molecule has 1 heterocycles. The Bertz CT molecular complexity index is 1010. The molecule has 2 aromatic carbocycles. The van der Waals surface area contributed by atoms with Crippen LogP contribution >= 0.6 is 0 Å². The van der Waals surface area contributed by atoms with Crippen molar-refractivity contribution in [2.45, 2.75) is 31.7 Å². The fraction of sp³-hybridized carbons (Fsp3) is 0.263. The maximum atomic E-state index is 12.4. The maximum Gasteiger partial charge on any atom is 0.573 e. The minimum Gasteiger partial charge on any atom is -0.426 e. The normalized spacial score (nSPS) is 12.6. The van der Waals surface area contributed by atoms with Crippen LogP contribution in [0.2, 0.25) is 0 Å². The molecular weight excluding hydrogens is 402 g/mol. The highest BCUT2D eigenvalue weighted by molar-refractivity contribution is 6.43. The Labute approximate surface area is 170 Å². The lowest BCUT2D eigenvalue weighted by atomic mass is 9.76. The van der Waals surface area contributed by atoms with Crippen molar-refractivity contribution in [3.8, 4) is 5.75 Å². The Hall–Kier alpha value is -3.05. The molecule has 0 aliphatic carbocycles. The molecule has 1 aromatic heterocycles. The SMILES string of the molecule is O=C(CCn1cnc2ccccc21)NC(Cc1cccc(OC(F)(F)F)c1)B(O)O. The molecule has 0 saturated carbocycles. The minimum atomic E-state index is -4.83. The number of aryl methyl sites for hydroxylation is 1. The molecule has 1 atom stereocenters. The number of halogens is 3. The van der Waals surface area contributed by atoms with Gasteiger partial charge in [-0.05, 0) is 36.2 Å². The molecule has 3 aromatic rings. The number of ether oxygens (including phenoxy) is 1. The van der Waals surface area contributed by atoms with Crippen LogP contribution in [0.4, 0.5) is 13.2 Å². The summed E-state index contributed by atoms with van der Waals surface area (Å²) in [5.74, 6) is -1.96. The molecule has 0 bridgehead atoms. The van der Waals surface area contributed by atoms with Gasteiger partial charge in [0.05, 0.1) is 23.3 Å². The Balaban J connectivity index is 1.60. The lowest BCUT2D eigenvalue weighted by Gasteiger charge is -2.18. The average molecular weight is 421 g/mol. The first-order chi connectivity index (χ1) is 14.2. The van der Waals surface area contributed by atoms with E-state index in [9.17, 15) is 28.0 Å². The van der Waals surface area contributed by atoms with E-state index in [-0.39, 0.29) is 12.8 Å². The van der Waals surface area contributed by atoms with Crippen LogP contribution in [0.1, 0.15) is 12.0 Å². The van der Waals surface area contributed by atoms with Crippen LogP contribution in [0, 0.1) is 0 Å². The summed E-state index contributed by atoms with van der Waals surface area (Å²) in [6.07, 6.45) is -3.25. The fourth-order valence-electron chi connectivity index (χ4n) is 3.04. The summed E-state index contributed by atoms with van der Waals surface area (Å²) in [6.45, 7) is 0.329. The molecular formula is C19H19BF3N3O4. The Morgan fingerprint density at radius 3 is 2.70 bits per heavy atom. The summed E-state index contributed by atoms with van der Waals surface area (Å²) >= 11 is 0. The lowest BCUT2D eigenvalue weighted by molar-refractivity contribution is -0.274. The zero-order valence-electron chi connectivity index (χ0n) is 15.7. The van der Waals surface area contributed by atoms with Crippen molar-refractivity contribution in [3.05, 3.63) is 60.4 Å². The highest BCUT2D eigenvalue weighted by atomic mass is 19.4. The molecule has 0 aliphatic heterocycles. The largest absolute Gasteiger partial charge is 0.573 e. The summed E-state index contributed by atoms with van der Waals surface area (Å²) in [5.41, 5.74) is 2.00. The van der Waals surface area contributed by atoms with Crippen molar-refractivity contribution in [2.24, 2.45) is 0 Å². The number of para-hydroxylation sites is 2. The number of benzene rings is 2. The summed E-state index contributed by atoms with van der Waals surface area (Å²) in [5, 5.41) is 21.7. The summed E-state index contributed by atoms with van der Waals surface area (Å²) in [6, 6.07) is 12.6. The molecule has 7 nitrogen and oxygen atoms in total. The number of imidazole rings is 1. The third kappa shape index (κ3) is 5.98. The fourth-order valence-corrected chi connectivity index (χ4v) is 3.04. The second kappa shape index (κ2) is 9.18. The van der Waals surface area contributed by atoms with Crippen molar-refractivity contribution in [1.29, 1.82) is 0 Å². The number of hydrogen-bond acceptors (Lipinski definition) is 5. The number of carbonyl (C=O) groups is 1. The third-order valence-electron chi connectivity index (χ3n) is 4.40. The zero-order chi connectivity index (χ0) is 21.7. The monoisotopic (exact) mass is 421 g/mol. The van der Waals surface area contributed by atoms with E-state index in [1.807, 2.05) is 24.3 Å². The van der Waals surface area contributed by atoms with Gasteiger partial charge in [-0.25, -0.2) is 4.98 Å². The minimum absolute atomic E-state index is 0.0563. The van der Waals surface area contributed by atoms with Crippen LogP contribution in [-0.2, 0) is 17.8 Å². The molecule has 30 heavy (non-hydrogen) atoms. The number of rotatable bonds is 8. The van der Waals surface area contributed by atoms with Gasteiger partial charge in [-0.15, -0.1) is 13.2 Å². The second-order valence-corrected chi connectivity index (χ2v) is 6.66. The third-order valence-corrected chi connectivity index (χ3v) is 4.40. The summed E-state index contributed by atoms with van der Waals surface area (Å²) in [7, 11) is -1.89.